The summed E-state index contributed by atoms with van der Waals surface area (Å²) in [5.74, 6) is -0.925. The molecule has 0 aliphatic heterocycles. The van der Waals surface area contributed by atoms with Crippen LogP contribution in [0.15, 0.2) is 36.4 Å². The predicted octanol–water partition coefficient (Wildman–Crippen LogP) is 1.58. The van der Waals surface area contributed by atoms with Gasteiger partial charge in [0.1, 0.15) is 12.2 Å². The summed E-state index contributed by atoms with van der Waals surface area (Å²) in [6.45, 7) is 0. The molecule has 0 aromatic heterocycles. The maximum atomic E-state index is 11.3. The van der Waals surface area contributed by atoms with Gasteiger partial charge in [0.05, 0.1) is 13.2 Å². The van der Waals surface area contributed by atoms with Crippen molar-refractivity contribution in [1.82, 2.24) is 0 Å². The fraction of sp³-hybridized carbons (Fsp3) is 0.286. The highest BCUT2D eigenvalue weighted by molar-refractivity contribution is 5.95. The SMILES string of the molecule is COC(=O)CC(=O)CC(O)/C=C/c1ccccc1. The minimum absolute atomic E-state index is 0.0849. The Labute approximate surface area is 106 Å². The zero-order chi connectivity index (χ0) is 13.4. The minimum atomic E-state index is -0.887. The molecule has 4 nitrogen and oxygen atoms in total. The average Bonchev–Trinajstić information content (AvgIpc) is 2.37. The van der Waals surface area contributed by atoms with Crippen LogP contribution in [0.4, 0.5) is 0 Å². The topological polar surface area (TPSA) is 63.6 Å². The van der Waals surface area contributed by atoms with Crippen LogP contribution in [0.2, 0.25) is 0 Å². The van der Waals surface area contributed by atoms with E-state index in [0.717, 1.165) is 5.56 Å². The number of hydrogen-bond donors (Lipinski definition) is 1. The maximum absolute atomic E-state index is 11.3. The van der Waals surface area contributed by atoms with Gasteiger partial charge in [0, 0.05) is 6.42 Å². The van der Waals surface area contributed by atoms with Gasteiger partial charge in [0.15, 0.2) is 0 Å². The Morgan fingerprint density at radius 3 is 2.61 bits per heavy atom. The number of ether oxygens (including phenoxy) is 1. The van der Waals surface area contributed by atoms with Crippen molar-refractivity contribution >= 4 is 17.8 Å². The van der Waals surface area contributed by atoms with Crippen LogP contribution in [0.3, 0.4) is 0 Å². The van der Waals surface area contributed by atoms with E-state index >= 15 is 0 Å². The van der Waals surface area contributed by atoms with Crippen molar-refractivity contribution in [2.24, 2.45) is 0 Å². The number of ketones is 1. The summed E-state index contributed by atoms with van der Waals surface area (Å²) >= 11 is 0. The van der Waals surface area contributed by atoms with Gasteiger partial charge < -0.3 is 9.84 Å². The lowest BCUT2D eigenvalue weighted by Gasteiger charge is -2.04. The van der Waals surface area contributed by atoms with Crippen molar-refractivity contribution in [2.75, 3.05) is 7.11 Å². The molecule has 0 radical (unpaired) electrons. The van der Waals surface area contributed by atoms with Crippen LogP contribution in [-0.2, 0) is 14.3 Å². The Bertz CT molecular complexity index is 423. The van der Waals surface area contributed by atoms with E-state index in [1.54, 1.807) is 6.08 Å². The summed E-state index contributed by atoms with van der Waals surface area (Å²) in [4.78, 5) is 22.2. The van der Waals surface area contributed by atoms with Crippen molar-refractivity contribution in [3.05, 3.63) is 42.0 Å². The summed E-state index contributed by atoms with van der Waals surface area (Å²) in [5.41, 5.74) is 0.942. The second-order valence-electron chi connectivity index (χ2n) is 3.83. The number of carbonyl (C=O) groups excluding carboxylic acids is 2. The zero-order valence-electron chi connectivity index (χ0n) is 10.2. The number of Topliss-reactive ketones (excluding diaryl/α,β-unsaturated/α-hetero) is 1. The smallest absolute Gasteiger partial charge is 0.313 e. The summed E-state index contributed by atoms with van der Waals surface area (Å²) in [7, 11) is 1.22. The van der Waals surface area contributed by atoms with E-state index in [4.69, 9.17) is 0 Å². The number of aliphatic hydroxyl groups excluding tert-OH is 1. The fourth-order valence-electron chi connectivity index (χ4n) is 1.39. The molecule has 18 heavy (non-hydrogen) atoms. The largest absolute Gasteiger partial charge is 0.469 e. The third-order valence-corrected chi connectivity index (χ3v) is 2.32. The van der Waals surface area contributed by atoms with Crippen molar-refractivity contribution in [2.45, 2.75) is 18.9 Å². The number of aliphatic hydroxyl groups is 1. The Hall–Kier alpha value is -1.94. The Morgan fingerprint density at radius 1 is 1.33 bits per heavy atom. The van der Waals surface area contributed by atoms with Crippen LogP contribution in [-0.4, -0.2) is 30.1 Å². The van der Waals surface area contributed by atoms with E-state index in [1.165, 1.54) is 13.2 Å². The highest BCUT2D eigenvalue weighted by atomic mass is 16.5. The molecule has 0 fully saturated rings. The third-order valence-electron chi connectivity index (χ3n) is 2.32. The summed E-state index contributed by atoms with van der Waals surface area (Å²) in [5, 5.41) is 9.61. The van der Waals surface area contributed by atoms with Crippen LogP contribution in [0.25, 0.3) is 6.08 Å². The number of esters is 1. The lowest BCUT2D eigenvalue weighted by Crippen LogP contribution is -2.15. The summed E-state index contributed by atoms with van der Waals surface area (Å²) in [6, 6.07) is 9.44. The van der Waals surface area contributed by atoms with Gasteiger partial charge in [-0.15, -0.1) is 0 Å². The number of methoxy groups -OCH3 is 1. The van der Waals surface area contributed by atoms with Gasteiger partial charge in [-0.3, -0.25) is 9.59 Å². The van der Waals surface area contributed by atoms with Crippen molar-refractivity contribution < 1.29 is 19.4 Å². The second kappa shape index (κ2) is 7.40. The molecular weight excluding hydrogens is 232 g/mol. The molecule has 0 amide bonds. The average molecular weight is 248 g/mol. The van der Waals surface area contributed by atoms with Gasteiger partial charge >= 0.3 is 5.97 Å². The van der Waals surface area contributed by atoms with Gasteiger partial charge in [-0.25, -0.2) is 0 Å². The molecule has 1 aromatic carbocycles. The van der Waals surface area contributed by atoms with E-state index in [1.807, 2.05) is 30.3 Å². The molecular formula is C14H16O4. The summed E-state index contributed by atoms with van der Waals surface area (Å²) in [6.07, 6.45) is 1.99. The molecule has 1 rings (SSSR count). The Kier molecular flexibility index (Phi) is 5.80. The second-order valence-corrected chi connectivity index (χ2v) is 3.83. The van der Waals surface area contributed by atoms with Crippen LogP contribution in [0.1, 0.15) is 18.4 Å². The van der Waals surface area contributed by atoms with E-state index in [-0.39, 0.29) is 18.6 Å². The molecule has 1 unspecified atom stereocenters. The quantitative estimate of drug-likeness (QED) is 0.613. The van der Waals surface area contributed by atoms with Gasteiger partial charge in [-0.2, -0.15) is 0 Å². The maximum Gasteiger partial charge on any atom is 0.313 e. The van der Waals surface area contributed by atoms with Crippen molar-refractivity contribution in [1.29, 1.82) is 0 Å². The molecule has 1 atom stereocenters. The van der Waals surface area contributed by atoms with Crippen molar-refractivity contribution in [3.63, 3.8) is 0 Å². The van der Waals surface area contributed by atoms with Gasteiger partial charge in [0.2, 0.25) is 0 Å². The Morgan fingerprint density at radius 2 is 2.00 bits per heavy atom. The monoisotopic (exact) mass is 248 g/mol. The fourth-order valence-corrected chi connectivity index (χ4v) is 1.39. The predicted molar refractivity (Wildman–Crippen MR) is 67.7 cm³/mol. The van der Waals surface area contributed by atoms with E-state index in [0.29, 0.717) is 0 Å². The first kappa shape index (κ1) is 14.1. The van der Waals surface area contributed by atoms with Crippen LogP contribution >= 0.6 is 0 Å². The number of hydrogen-bond acceptors (Lipinski definition) is 4. The molecule has 4 heteroatoms. The highest BCUT2D eigenvalue weighted by Gasteiger charge is 2.12. The Balaban J connectivity index is 2.42. The lowest BCUT2D eigenvalue weighted by atomic mass is 10.1. The molecule has 1 N–H and O–H groups in total. The van der Waals surface area contributed by atoms with E-state index in [9.17, 15) is 14.7 Å². The van der Waals surface area contributed by atoms with E-state index in [2.05, 4.69) is 4.74 Å². The number of carbonyl (C=O) groups is 2. The molecule has 0 bridgehead atoms. The molecule has 0 saturated heterocycles. The summed E-state index contributed by atoms with van der Waals surface area (Å²) < 4.78 is 4.37. The van der Waals surface area contributed by atoms with E-state index < -0.39 is 12.1 Å². The first-order valence-corrected chi connectivity index (χ1v) is 5.61. The third kappa shape index (κ3) is 5.41. The minimum Gasteiger partial charge on any atom is -0.469 e. The molecule has 0 spiro atoms. The first-order chi connectivity index (χ1) is 8.61. The zero-order valence-corrected chi connectivity index (χ0v) is 10.2. The standard InChI is InChI=1S/C14H16O4/c1-18-14(17)10-13(16)9-12(15)8-7-11-5-3-2-4-6-11/h2-8,12,15H,9-10H2,1H3/b8-7+. The molecule has 1 aromatic rings. The molecule has 0 heterocycles. The van der Waals surface area contributed by atoms with Gasteiger partial charge in [-0.05, 0) is 5.56 Å². The number of benzene rings is 1. The molecule has 96 valence electrons. The van der Waals surface area contributed by atoms with Crippen LogP contribution < -0.4 is 0 Å². The normalized spacial score (nSPS) is 12.3. The highest BCUT2D eigenvalue weighted by Crippen LogP contribution is 2.05. The van der Waals surface area contributed by atoms with Crippen LogP contribution in [0, 0.1) is 0 Å². The lowest BCUT2D eigenvalue weighted by molar-refractivity contribution is -0.143. The molecule has 0 aliphatic rings. The van der Waals surface area contributed by atoms with Crippen LogP contribution in [0.5, 0.6) is 0 Å². The first-order valence-electron chi connectivity index (χ1n) is 5.61. The molecule has 0 aliphatic carbocycles. The van der Waals surface area contributed by atoms with Gasteiger partial charge in [0.25, 0.3) is 0 Å². The molecule has 0 saturated carbocycles. The van der Waals surface area contributed by atoms with Crippen molar-refractivity contribution in [3.8, 4) is 0 Å². The van der Waals surface area contributed by atoms with Gasteiger partial charge in [-0.1, -0.05) is 42.5 Å². The number of rotatable bonds is 6.